The van der Waals surface area contributed by atoms with Crippen LogP contribution >= 0.6 is 11.3 Å². The molecule has 1 unspecified atom stereocenters. The summed E-state index contributed by atoms with van der Waals surface area (Å²) in [5.41, 5.74) is 1.35. The summed E-state index contributed by atoms with van der Waals surface area (Å²) in [5.74, 6) is -3.97. The van der Waals surface area contributed by atoms with Crippen LogP contribution in [0, 0.1) is 6.92 Å². The summed E-state index contributed by atoms with van der Waals surface area (Å²) in [6.45, 7) is 4.42. The second-order valence-corrected chi connectivity index (χ2v) is 9.02. The highest BCUT2D eigenvalue weighted by molar-refractivity contribution is 7.15. The molecule has 34 heavy (non-hydrogen) atoms. The summed E-state index contributed by atoms with van der Waals surface area (Å²) < 4.78 is 31.0. The molecule has 0 saturated carbocycles. The second-order valence-electron chi connectivity index (χ2n) is 7.73. The van der Waals surface area contributed by atoms with E-state index in [0.29, 0.717) is 24.1 Å². The number of rotatable bonds is 6. The number of amides is 1. The molecule has 0 spiro atoms. The standard InChI is InChI=1S/C20H18F2N10OS/c1-10-4-5-15(34-10)14-7-23-17-13(32-19(20(3,21)22)28-29-30-32)6-12(8-31(14)17)18(33)26-11(2)16-24-9-25-27-16/h4-9,11H,1-3H3,(H,26,33)(H,24,25,27). The van der Waals surface area contributed by atoms with Gasteiger partial charge in [-0.3, -0.25) is 9.20 Å². The van der Waals surface area contributed by atoms with Crippen LogP contribution in [0.1, 0.15) is 46.8 Å². The highest BCUT2D eigenvalue weighted by Crippen LogP contribution is 2.32. The number of carbonyl (C=O) groups is 1. The number of alkyl halides is 2. The highest BCUT2D eigenvalue weighted by Gasteiger charge is 2.33. The van der Waals surface area contributed by atoms with Crippen molar-refractivity contribution in [2.75, 3.05) is 0 Å². The quantitative estimate of drug-likeness (QED) is 0.379. The third-order valence-electron chi connectivity index (χ3n) is 5.13. The lowest BCUT2D eigenvalue weighted by Gasteiger charge is -2.14. The molecule has 5 rings (SSSR count). The Morgan fingerprint density at radius 2 is 2.12 bits per heavy atom. The summed E-state index contributed by atoms with van der Waals surface area (Å²) in [4.78, 5) is 22.4. The van der Waals surface area contributed by atoms with Crippen molar-refractivity contribution in [1.29, 1.82) is 0 Å². The second kappa shape index (κ2) is 8.06. The van der Waals surface area contributed by atoms with Crippen LogP contribution < -0.4 is 5.32 Å². The minimum atomic E-state index is -3.32. The average molecular weight is 484 g/mol. The van der Waals surface area contributed by atoms with Gasteiger partial charge in [0.25, 0.3) is 5.91 Å². The van der Waals surface area contributed by atoms with Gasteiger partial charge in [-0.25, -0.2) is 4.98 Å². The Kier molecular flexibility index (Phi) is 5.16. The molecule has 0 bridgehead atoms. The first-order valence-corrected chi connectivity index (χ1v) is 11.0. The molecule has 1 amide bonds. The number of pyridine rings is 1. The lowest BCUT2D eigenvalue weighted by Crippen LogP contribution is -2.28. The van der Waals surface area contributed by atoms with Crippen molar-refractivity contribution in [2.45, 2.75) is 32.7 Å². The number of fused-ring (bicyclic) bond motifs is 1. The third kappa shape index (κ3) is 3.81. The minimum absolute atomic E-state index is 0.140. The van der Waals surface area contributed by atoms with Crippen LogP contribution in [0.25, 0.3) is 21.9 Å². The molecule has 0 aliphatic heterocycles. The van der Waals surface area contributed by atoms with Crippen molar-refractivity contribution >= 4 is 22.9 Å². The van der Waals surface area contributed by atoms with Crippen LogP contribution in [-0.4, -0.2) is 50.7 Å². The minimum Gasteiger partial charge on any atom is -0.342 e. The Labute approximate surface area is 194 Å². The van der Waals surface area contributed by atoms with E-state index >= 15 is 0 Å². The van der Waals surface area contributed by atoms with Crippen LogP contribution in [-0.2, 0) is 5.92 Å². The molecule has 5 aromatic rings. The van der Waals surface area contributed by atoms with Gasteiger partial charge in [-0.05, 0) is 42.5 Å². The van der Waals surface area contributed by atoms with E-state index in [4.69, 9.17) is 0 Å². The lowest BCUT2D eigenvalue weighted by molar-refractivity contribution is 0.00530. The molecule has 5 aromatic heterocycles. The molecule has 0 aliphatic carbocycles. The van der Waals surface area contributed by atoms with Gasteiger partial charge in [0.1, 0.15) is 12.0 Å². The number of H-pyrrole nitrogens is 1. The molecule has 1 atom stereocenters. The van der Waals surface area contributed by atoms with E-state index in [0.717, 1.165) is 14.4 Å². The summed E-state index contributed by atoms with van der Waals surface area (Å²) >= 11 is 1.55. The number of aromatic nitrogens is 9. The number of thiophene rings is 1. The molecule has 5 heterocycles. The largest absolute Gasteiger partial charge is 0.342 e. The normalized spacial score (nSPS) is 12.9. The number of hydrogen-bond acceptors (Lipinski definition) is 8. The van der Waals surface area contributed by atoms with E-state index < -0.39 is 23.7 Å². The first-order chi connectivity index (χ1) is 16.2. The van der Waals surface area contributed by atoms with Crippen LogP contribution in [0.15, 0.2) is 36.9 Å². The smallest absolute Gasteiger partial charge is 0.305 e. The lowest BCUT2D eigenvalue weighted by atomic mass is 10.2. The molecule has 0 aliphatic rings. The number of nitrogens with one attached hydrogen (secondary N) is 2. The van der Waals surface area contributed by atoms with E-state index in [1.165, 1.54) is 12.4 Å². The number of tetrazole rings is 1. The van der Waals surface area contributed by atoms with Crippen LogP contribution in [0.4, 0.5) is 8.78 Å². The Morgan fingerprint density at radius 1 is 1.29 bits per heavy atom. The number of aryl methyl sites for hydroxylation is 1. The zero-order valence-electron chi connectivity index (χ0n) is 18.2. The van der Waals surface area contributed by atoms with Gasteiger partial charge >= 0.3 is 5.92 Å². The van der Waals surface area contributed by atoms with Crippen molar-refractivity contribution in [2.24, 2.45) is 0 Å². The maximum atomic E-state index is 14.2. The molecule has 0 radical (unpaired) electrons. The molecule has 2 N–H and O–H groups in total. The van der Waals surface area contributed by atoms with Crippen LogP contribution in [0.5, 0.6) is 0 Å². The zero-order chi connectivity index (χ0) is 24.0. The predicted molar refractivity (Wildman–Crippen MR) is 118 cm³/mol. The topological polar surface area (TPSA) is 132 Å². The maximum absolute atomic E-state index is 14.2. The number of nitrogens with zero attached hydrogens (tertiary/aromatic N) is 8. The molecule has 0 saturated heterocycles. The Balaban J connectivity index is 1.67. The molecule has 0 aromatic carbocycles. The van der Waals surface area contributed by atoms with Crippen molar-refractivity contribution < 1.29 is 13.6 Å². The van der Waals surface area contributed by atoms with Gasteiger partial charge in [0.05, 0.1) is 28.4 Å². The fourth-order valence-electron chi connectivity index (χ4n) is 3.50. The summed E-state index contributed by atoms with van der Waals surface area (Å²) in [7, 11) is 0. The van der Waals surface area contributed by atoms with Gasteiger partial charge < -0.3 is 10.3 Å². The highest BCUT2D eigenvalue weighted by atomic mass is 32.1. The van der Waals surface area contributed by atoms with Crippen molar-refractivity contribution in [3.63, 3.8) is 0 Å². The van der Waals surface area contributed by atoms with Crippen molar-refractivity contribution in [3.8, 4) is 16.3 Å². The Morgan fingerprint density at radius 3 is 2.79 bits per heavy atom. The SMILES string of the molecule is Cc1ccc(-c2cnc3c(-n4nnnc4C(C)(F)F)cc(C(=O)NC(C)c4nnc[nH]4)cn23)s1. The van der Waals surface area contributed by atoms with E-state index in [2.05, 4.69) is 41.0 Å². The van der Waals surface area contributed by atoms with Gasteiger partial charge in [-0.1, -0.05) is 0 Å². The predicted octanol–water partition coefficient (Wildman–Crippen LogP) is 3.07. The fraction of sp³-hybridized carbons (Fsp3) is 0.250. The number of aromatic amines is 1. The number of hydrogen-bond donors (Lipinski definition) is 2. The van der Waals surface area contributed by atoms with Crippen molar-refractivity contribution in [3.05, 3.63) is 59.0 Å². The monoisotopic (exact) mass is 484 g/mol. The molecule has 11 nitrogen and oxygen atoms in total. The number of imidazole rings is 1. The Bertz CT molecular complexity index is 1480. The van der Waals surface area contributed by atoms with Crippen molar-refractivity contribution in [1.82, 2.24) is 50.1 Å². The zero-order valence-corrected chi connectivity index (χ0v) is 19.0. The molecule has 174 valence electrons. The van der Waals surface area contributed by atoms with Gasteiger partial charge in [-0.15, -0.1) is 26.6 Å². The van der Waals surface area contributed by atoms with E-state index in [1.807, 2.05) is 19.1 Å². The summed E-state index contributed by atoms with van der Waals surface area (Å²) in [5, 5.41) is 21.1. The summed E-state index contributed by atoms with van der Waals surface area (Å²) in [6.07, 6.45) is 4.64. The Hall–Kier alpha value is -4.07. The van der Waals surface area contributed by atoms with Gasteiger partial charge in [-0.2, -0.15) is 13.5 Å². The maximum Gasteiger partial charge on any atom is 0.305 e. The van der Waals surface area contributed by atoms with E-state index in [9.17, 15) is 13.6 Å². The summed E-state index contributed by atoms with van der Waals surface area (Å²) in [6, 6.07) is 4.86. The van der Waals surface area contributed by atoms with Crippen LogP contribution in [0.2, 0.25) is 0 Å². The average Bonchev–Trinajstić information content (AvgIpc) is 3.58. The molecule has 14 heteroatoms. The fourth-order valence-corrected chi connectivity index (χ4v) is 4.38. The van der Waals surface area contributed by atoms with Gasteiger partial charge in [0.15, 0.2) is 11.5 Å². The van der Waals surface area contributed by atoms with E-state index in [-0.39, 0.29) is 11.3 Å². The first kappa shape index (κ1) is 21.8. The molecular weight excluding hydrogens is 466 g/mol. The van der Waals surface area contributed by atoms with E-state index in [1.54, 1.807) is 35.1 Å². The first-order valence-electron chi connectivity index (χ1n) is 10.1. The molecule has 0 fully saturated rings. The van der Waals surface area contributed by atoms with Gasteiger partial charge in [0, 0.05) is 18.0 Å². The molecular formula is C20H18F2N10OS. The van der Waals surface area contributed by atoms with Crippen LogP contribution in [0.3, 0.4) is 0 Å². The third-order valence-corrected chi connectivity index (χ3v) is 6.15. The number of halogens is 2. The van der Waals surface area contributed by atoms with Gasteiger partial charge in [0.2, 0.25) is 5.82 Å². The number of carbonyl (C=O) groups excluding carboxylic acids is 1.